The number of nitrogens with one attached hydrogen (secondary N) is 1. The van der Waals surface area contributed by atoms with Gasteiger partial charge in [-0.25, -0.2) is 0 Å². The summed E-state index contributed by atoms with van der Waals surface area (Å²) >= 11 is 5.93. The largest absolute Gasteiger partial charge is 0.493 e. The van der Waals surface area contributed by atoms with Gasteiger partial charge >= 0.3 is 0 Å². The highest BCUT2D eigenvalue weighted by Gasteiger charge is 2.13. The molecule has 2 aromatic rings. The molecule has 0 saturated heterocycles. The van der Waals surface area contributed by atoms with E-state index in [0.29, 0.717) is 0 Å². The normalized spacial score (nSPS) is 12.0. The summed E-state index contributed by atoms with van der Waals surface area (Å²) in [6, 6.07) is 14.1. The lowest BCUT2D eigenvalue weighted by Crippen LogP contribution is -2.18. The number of halogens is 1. The van der Waals surface area contributed by atoms with Gasteiger partial charge < -0.3 is 14.8 Å². The number of likely N-dealkylation sites (N-methyl/N-ethyl adjacent to an activating group) is 1. The second-order valence-electron chi connectivity index (χ2n) is 4.79. The summed E-state index contributed by atoms with van der Waals surface area (Å²) in [5.74, 6) is 1.48. The lowest BCUT2D eigenvalue weighted by molar-refractivity contribution is 0.354. The van der Waals surface area contributed by atoms with Crippen molar-refractivity contribution in [2.75, 3.05) is 21.3 Å². The van der Waals surface area contributed by atoms with Crippen molar-refractivity contribution in [1.29, 1.82) is 0 Å². The molecule has 0 heterocycles. The molecule has 2 aromatic carbocycles. The lowest BCUT2D eigenvalue weighted by atomic mass is 9.98. The Kier molecular flexibility index (Phi) is 5.48. The summed E-state index contributed by atoms with van der Waals surface area (Å²) in [4.78, 5) is 0. The zero-order valence-corrected chi connectivity index (χ0v) is 13.3. The van der Waals surface area contributed by atoms with Crippen LogP contribution < -0.4 is 14.8 Å². The second kappa shape index (κ2) is 7.34. The van der Waals surface area contributed by atoms with Crippen LogP contribution in [0.2, 0.25) is 5.02 Å². The van der Waals surface area contributed by atoms with Crippen molar-refractivity contribution < 1.29 is 9.47 Å². The molecule has 21 heavy (non-hydrogen) atoms. The fourth-order valence-electron chi connectivity index (χ4n) is 2.31. The van der Waals surface area contributed by atoms with Gasteiger partial charge in [-0.15, -0.1) is 0 Å². The van der Waals surface area contributed by atoms with Gasteiger partial charge in [0.1, 0.15) is 0 Å². The molecule has 0 aliphatic heterocycles. The third-order valence-electron chi connectivity index (χ3n) is 3.51. The van der Waals surface area contributed by atoms with Gasteiger partial charge in [0.05, 0.1) is 14.2 Å². The van der Waals surface area contributed by atoms with Crippen molar-refractivity contribution in [3.8, 4) is 11.5 Å². The van der Waals surface area contributed by atoms with Crippen LogP contribution in [0, 0.1) is 0 Å². The van der Waals surface area contributed by atoms with Gasteiger partial charge in [0, 0.05) is 11.1 Å². The Morgan fingerprint density at radius 2 is 1.67 bits per heavy atom. The number of hydrogen-bond donors (Lipinski definition) is 1. The highest BCUT2D eigenvalue weighted by atomic mass is 35.5. The molecule has 0 saturated carbocycles. The van der Waals surface area contributed by atoms with Gasteiger partial charge in [0.25, 0.3) is 0 Å². The average Bonchev–Trinajstić information content (AvgIpc) is 2.53. The molecule has 0 fully saturated rings. The van der Waals surface area contributed by atoms with Crippen LogP contribution in [-0.4, -0.2) is 21.3 Å². The Morgan fingerprint density at radius 3 is 2.24 bits per heavy atom. The maximum atomic E-state index is 5.93. The van der Waals surface area contributed by atoms with E-state index in [-0.39, 0.29) is 6.04 Å². The monoisotopic (exact) mass is 305 g/mol. The van der Waals surface area contributed by atoms with Gasteiger partial charge in [0.15, 0.2) is 11.5 Å². The molecule has 0 aromatic heterocycles. The minimum atomic E-state index is 0.200. The number of rotatable bonds is 6. The minimum Gasteiger partial charge on any atom is -0.493 e. The van der Waals surface area contributed by atoms with Crippen molar-refractivity contribution >= 4 is 11.6 Å². The van der Waals surface area contributed by atoms with E-state index >= 15 is 0 Å². The SMILES string of the molecule is CNC(Cc1ccc(Cl)cc1)c1ccc(OC)c(OC)c1. The van der Waals surface area contributed by atoms with Crippen LogP contribution in [0.3, 0.4) is 0 Å². The van der Waals surface area contributed by atoms with Crippen molar-refractivity contribution in [3.63, 3.8) is 0 Å². The van der Waals surface area contributed by atoms with Gasteiger partial charge in [-0.05, 0) is 48.9 Å². The standard InChI is InChI=1S/C17H20ClNO2/c1-19-15(10-12-4-7-14(18)8-5-12)13-6-9-16(20-2)17(11-13)21-3/h4-9,11,15,19H,10H2,1-3H3. The highest BCUT2D eigenvalue weighted by molar-refractivity contribution is 6.30. The summed E-state index contributed by atoms with van der Waals surface area (Å²) in [5, 5.41) is 4.10. The molecule has 0 spiro atoms. The Morgan fingerprint density at radius 1 is 1.00 bits per heavy atom. The zero-order valence-electron chi connectivity index (χ0n) is 12.5. The summed E-state index contributed by atoms with van der Waals surface area (Å²) in [5.41, 5.74) is 2.39. The van der Waals surface area contributed by atoms with Crippen LogP contribution in [0.5, 0.6) is 11.5 Å². The van der Waals surface area contributed by atoms with Crippen LogP contribution in [0.25, 0.3) is 0 Å². The molecule has 0 aliphatic rings. The number of methoxy groups -OCH3 is 2. The summed E-state index contributed by atoms with van der Waals surface area (Å²) in [7, 11) is 5.24. The first-order valence-corrected chi connectivity index (χ1v) is 7.19. The number of ether oxygens (including phenoxy) is 2. The number of benzene rings is 2. The lowest BCUT2D eigenvalue weighted by Gasteiger charge is -2.18. The summed E-state index contributed by atoms with van der Waals surface area (Å²) < 4.78 is 10.6. The number of hydrogen-bond acceptors (Lipinski definition) is 3. The quantitative estimate of drug-likeness (QED) is 0.879. The van der Waals surface area contributed by atoms with Crippen LogP contribution in [0.15, 0.2) is 42.5 Å². The maximum absolute atomic E-state index is 5.93. The molecule has 3 nitrogen and oxygen atoms in total. The molecule has 112 valence electrons. The second-order valence-corrected chi connectivity index (χ2v) is 5.22. The predicted molar refractivity (Wildman–Crippen MR) is 86.5 cm³/mol. The molecule has 4 heteroatoms. The van der Waals surface area contributed by atoms with E-state index in [9.17, 15) is 0 Å². The van der Waals surface area contributed by atoms with Gasteiger partial charge in [-0.3, -0.25) is 0 Å². The van der Waals surface area contributed by atoms with Crippen molar-refractivity contribution in [1.82, 2.24) is 5.32 Å². The minimum absolute atomic E-state index is 0.200. The van der Waals surface area contributed by atoms with Crippen LogP contribution >= 0.6 is 11.6 Å². The fourth-order valence-corrected chi connectivity index (χ4v) is 2.44. The van der Waals surface area contributed by atoms with Gasteiger partial charge in [0.2, 0.25) is 0 Å². The van der Waals surface area contributed by atoms with Crippen molar-refractivity contribution in [3.05, 3.63) is 58.6 Å². The first kappa shape index (κ1) is 15.7. The topological polar surface area (TPSA) is 30.5 Å². The first-order valence-electron chi connectivity index (χ1n) is 6.81. The maximum Gasteiger partial charge on any atom is 0.161 e. The fraction of sp³-hybridized carbons (Fsp3) is 0.294. The Bertz CT molecular complexity index is 584. The molecular formula is C17H20ClNO2. The van der Waals surface area contributed by atoms with E-state index in [0.717, 1.165) is 28.5 Å². The van der Waals surface area contributed by atoms with Crippen molar-refractivity contribution in [2.45, 2.75) is 12.5 Å². The molecule has 0 amide bonds. The summed E-state index contributed by atoms with van der Waals surface area (Å²) in [6.07, 6.45) is 0.878. The van der Waals surface area contributed by atoms with Crippen molar-refractivity contribution in [2.24, 2.45) is 0 Å². The third kappa shape index (κ3) is 3.90. The molecule has 1 unspecified atom stereocenters. The molecule has 0 radical (unpaired) electrons. The smallest absolute Gasteiger partial charge is 0.161 e. The van der Waals surface area contributed by atoms with E-state index in [1.54, 1.807) is 14.2 Å². The van der Waals surface area contributed by atoms with E-state index < -0.39 is 0 Å². The van der Waals surface area contributed by atoms with Gasteiger partial charge in [-0.2, -0.15) is 0 Å². The first-order chi connectivity index (χ1) is 10.2. The Balaban J connectivity index is 2.22. The van der Waals surface area contributed by atoms with Crippen LogP contribution in [-0.2, 0) is 6.42 Å². The molecular weight excluding hydrogens is 286 g/mol. The van der Waals surface area contributed by atoms with E-state index in [1.807, 2.05) is 43.4 Å². The van der Waals surface area contributed by atoms with E-state index in [2.05, 4.69) is 11.4 Å². The Hall–Kier alpha value is -1.71. The van der Waals surface area contributed by atoms with Crippen LogP contribution in [0.1, 0.15) is 17.2 Å². The average molecular weight is 306 g/mol. The van der Waals surface area contributed by atoms with Gasteiger partial charge in [-0.1, -0.05) is 29.8 Å². The molecule has 2 rings (SSSR count). The molecule has 0 aliphatic carbocycles. The zero-order chi connectivity index (χ0) is 15.2. The molecule has 1 N–H and O–H groups in total. The predicted octanol–water partition coefficient (Wildman–Crippen LogP) is 3.86. The van der Waals surface area contributed by atoms with E-state index in [1.165, 1.54) is 5.56 Å². The molecule has 0 bridgehead atoms. The Labute approximate surface area is 130 Å². The summed E-state index contributed by atoms with van der Waals surface area (Å²) in [6.45, 7) is 0. The van der Waals surface area contributed by atoms with Crippen LogP contribution in [0.4, 0.5) is 0 Å². The molecule has 1 atom stereocenters. The highest BCUT2D eigenvalue weighted by Crippen LogP contribution is 2.31. The third-order valence-corrected chi connectivity index (χ3v) is 3.76. The van der Waals surface area contributed by atoms with E-state index in [4.69, 9.17) is 21.1 Å².